The van der Waals surface area contributed by atoms with Crippen molar-refractivity contribution in [2.75, 3.05) is 92.6 Å². The molecule has 2 rings (SSSR count). The molecular formula is C16H35N5. The lowest BCUT2D eigenvalue weighted by Crippen LogP contribution is -2.45. The average Bonchev–Trinajstić information content (AvgIpc) is 2.50. The molecule has 0 radical (unpaired) electrons. The topological polar surface area (TPSA) is 25.0 Å². The highest BCUT2D eigenvalue weighted by atomic mass is 15.2. The fourth-order valence-corrected chi connectivity index (χ4v) is 3.12. The average molecular weight is 297 g/mol. The maximum Gasteiger partial charge on any atom is 0.0110 e. The molecule has 21 heavy (non-hydrogen) atoms. The van der Waals surface area contributed by atoms with Gasteiger partial charge in [-0.15, -0.1) is 0 Å². The molecule has 0 bridgehead atoms. The molecule has 0 saturated carbocycles. The molecule has 0 unspecified atom stereocenters. The molecule has 0 atom stereocenters. The largest absolute Gasteiger partial charge is 0.317 e. The SMILES string of the molecule is CN1CCN(CCCNCCCN2CCN(C)CC2)CC1. The lowest BCUT2D eigenvalue weighted by atomic mass is 10.3. The van der Waals surface area contributed by atoms with Crippen molar-refractivity contribution in [3.8, 4) is 0 Å². The van der Waals surface area contributed by atoms with Crippen molar-refractivity contribution < 1.29 is 0 Å². The third kappa shape index (κ3) is 7.06. The first kappa shape index (κ1) is 17.2. The van der Waals surface area contributed by atoms with Crippen LogP contribution in [0.5, 0.6) is 0 Å². The second-order valence-electron chi connectivity index (χ2n) is 6.75. The fourth-order valence-electron chi connectivity index (χ4n) is 3.12. The maximum absolute atomic E-state index is 3.61. The quantitative estimate of drug-likeness (QED) is 0.629. The third-order valence-corrected chi connectivity index (χ3v) is 4.85. The number of likely N-dealkylation sites (N-methyl/N-ethyl adjacent to an activating group) is 2. The van der Waals surface area contributed by atoms with Gasteiger partial charge in [-0.2, -0.15) is 0 Å². The minimum atomic E-state index is 1.18. The third-order valence-electron chi connectivity index (χ3n) is 4.85. The second-order valence-corrected chi connectivity index (χ2v) is 6.75. The van der Waals surface area contributed by atoms with Crippen LogP contribution < -0.4 is 5.32 Å². The monoisotopic (exact) mass is 297 g/mol. The standard InChI is InChI=1S/C16H35N5/c1-18-9-13-20(14-10-18)7-3-5-17-6-4-8-21-15-11-19(2)12-16-21/h17H,3-16H2,1-2H3. The highest BCUT2D eigenvalue weighted by Gasteiger charge is 2.13. The van der Waals surface area contributed by atoms with Crippen molar-refractivity contribution in [2.24, 2.45) is 0 Å². The normalized spacial score (nSPS) is 23.7. The van der Waals surface area contributed by atoms with E-state index in [0.717, 1.165) is 0 Å². The van der Waals surface area contributed by atoms with Gasteiger partial charge in [-0.3, -0.25) is 0 Å². The molecule has 0 aliphatic carbocycles. The molecule has 1 N–H and O–H groups in total. The smallest absolute Gasteiger partial charge is 0.0110 e. The van der Waals surface area contributed by atoms with E-state index < -0.39 is 0 Å². The van der Waals surface area contributed by atoms with Crippen LogP contribution in [0.4, 0.5) is 0 Å². The second kappa shape index (κ2) is 9.74. The summed E-state index contributed by atoms with van der Waals surface area (Å²) in [5, 5.41) is 3.61. The minimum Gasteiger partial charge on any atom is -0.317 e. The van der Waals surface area contributed by atoms with Gasteiger partial charge in [-0.05, 0) is 53.1 Å². The molecule has 5 heteroatoms. The Morgan fingerprint density at radius 2 is 1.00 bits per heavy atom. The number of hydrogen-bond acceptors (Lipinski definition) is 5. The number of nitrogens with zero attached hydrogens (tertiary/aromatic N) is 4. The first-order chi connectivity index (χ1) is 10.2. The molecule has 2 heterocycles. The number of nitrogens with one attached hydrogen (secondary N) is 1. The minimum absolute atomic E-state index is 1.18. The van der Waals surface area contributed by atoms with Gasteiger partial charge in [0.05, 0.1) is 0 Å². The molecule has 0 amide bonds. The lowest BCUT2D eigenvalue weighted by Gasteiger charge is -2.32. The molecule has 124 valence electrons. The van der Waals surface area contributed by atoms with Crippen molar-refractivity contribution in [2.45, 2.75) is 12.8 Å². The van der Waals surface area contributed by atoms with Crippen molar-refractivity contribution >= 4 is 0 Å². The summed E-state index contributed by atoms with van der Waals surface area (Å²) in [6.45, 7) is 14.8. The Labute approximate surface area is 131 Å². The van der Waals surface area contributed by atoms with Crippen molar-refractivity contribution in [3.63, 3.8) is 0 Å². The Bertz CT molecular complexity index is 231. The molecule has 2 aliphatic heterocycles. The number of piperazine rings is 2. The van der Waals surface area contributed by atoms with E-state index in [1.165, 1.54) is 91.4 Å². The molecule has 2 saturated heterocycles. The van der Waals surface area contributed by atoms with Gasteiger partial charge in [0.25, 0.3) is 0 Å². The molecule has 0 spiro atoms. The van der Waals surface area contributed by atoms with E-state index in [-0.39, 0.29) is 0 Å². The van der Waals surface area contributed by atoms with Crippen molar-refractivity contribution in [1.82, 2.24) is 24.9 Å². The van der Waals surface area contributed by atoms with Crippen LogP contribution in [-0.4, -0.2) is 112 Å². The molecule has 0 aromatic heterocycles. The maximum atomic E-state index is 3.61. The zero-order chi connectivity index (χ0) is 14.9. The van der Waals surface area contributed by atoms with E-state index >= 15 is 0 Å². The summed E-state index contributed by atoms with van der Waals surface area (Å²) in [5.41, 5.74) is 0. The zero-order valence-corrected chi connectivity index (χ0v) is 14.2. The first-order valence-electron chi connectivity index (χ1n) is 8.76. The van der Waals surface area contributed by atoms with Crippen LogP contribution in [0.1, 0.15) is 12.8 Å². The van der Waals surface area contributed by atoms with Gasteiger partial charge < -0.3 is 24.9 Å². The van der Waals surface area contributed by atoms with Gasteiger partial charge in [-0.1, -0.05) is 0 Å². The van der Waals surface area contributed by atoms with Gasteiger partial charge >= 0.3 is 0 Å². The predicted octanol–water partition coefficient (Wildman–Crippen LogP) is -0.149. The van der Waals surface area contributed by atoms with Gasteiger partial charge in [0.1, 0.15) is 0 Å². The first-order valence-corrected chi connectivity index (χ1v) is 8.76. The number of rotatable bonds is 8. The van der Waals surface area contributed by atoms with E-state index in [1.54, 1.807) is 0 Å². The molecule has 0 aromatic carbocycles. The van der Waals surface area contributed by atoms with Crippen LogP contribution >= 0.6 is 0 Å². The predicted molar refractivity (Wildman–Crippen MR) is 90.0 cm³/mol. The molecule has 2 aliphatic rings. The summed E-state index contributed by atoms with van der Waals surface area (Å²) in [6, 6.07) is 0. The van der Waals surface area contributed by atoms with Gasteiger partial charge in [0.15, 0.2) is 0 Å². The Kier molecular flexibility index (Phi) is 7.96. The van der Waals surface area contributed by atoms with E-state index in [2.05, 4.69) is 39.0 Å². The number of hydrogen-bond donors (Lipinski definition) is 1. The summed E-state index contributed by atoms with van der Waals surface area (Å²) in [5.74, 6) is 0. The summed E-state index contributed by atoms with van der Waals surface area (Å²) in [7, 11) is 4.44. The van der Waals surface area contributed by atoms with Crippen LogP contribution in [-0.2, 0) is 0 Å². The molecule has 2 fully saturated rings. The Balaban J connectivity index is 1.37. The van der Waals surface area contributed by atoms with E-state index in [0.29, 0.717) is 0 Å². The van der Waals surface area contributed by atoms with Gasteiger partial charge in [0, 0.05) is 52.4 Å². The van der Waals surface area contributed by atoms with Crippen LogP contribution in [0.3, 0.4) is 0 Å². The van der Waals surface area contributed by atoms with Crippen LogP contribution in [0.25, 0.3) is 0 Å². The molecule has 0 aromatic rings. The highest BCUT2D eigenvalue weighted by molar-refractivity contribution is 4.70. The summed E-state index contributed by atoms with van der Waals surface area (Å²) >= 11 is 0. The molecule has 5 nitrogen and oxygen atoms in total. The van der Waals surface area contributed by atoms with Crippen LogP contribution in [0.15, 0.2) is 0 Å². The summed E-state index contributed by atoms with van der Waals surface area (Å²) in [4.78, 5) is 10.1. The highest BCUT2D eigenvalue weighted by Crippen LogP contribution is 2.00. The van der Waals surface area contributed by atoms with E-state index in [4.69, 9.17) is 0 Å². The lowest BCUT2D eigenvalue weighted by molar-refractivity contribution is 0.150. The fraction of sp³-hybridized carbons (Fsp3) is 1.00. The van der Waals surface area contributed by atoms with Gasteiger partial charge in [-0.25, -0.2) is 0 Å². The zero-order valence-electron chi connectivity index (χ0n) is 14.2. The van der Waals surface area contributed by atoms with Crippen molar-refractivity contribution in [3.05, 3.63) is 0 Å². The molecular weight excluding hydrogens is 262 g/mol. The van der Waals surface area contributed by atoms with E-state index in [1.807, 2.05) is 0 Å². The van der Waals surface area contributed by atoms with Crippen LogP contribution in [0, 0.1) is 0 Å². The van der Waals surface area contributed by atoms with E-state index in [9.17, 15) is 0 Å². The van der Waals surface area contributed by atoms with Crippen molar-refractivity contribution in [1.29, 1.82) is 0 Å². The Morgan fingerprint density at radius 1 is 0.619 bits per heavy atom. The summed E-state index contributed by atoms with van der Waals surface area (Å²) < 4.78 is 0. The van der Waals surface area contributed by atoms with Crippen LogP contribution in [0.2, 0.25) is 0 Å². The Hall–Kier alpha value is -0.200. The Morgan fingerprint density at radius 3 is 1.38 bits per heavy atom. The summed E-state index contributed by atoms with van der Waals surface area (Å²) in [6.07, 6.45) is 2.58. The van der Waals surface area contributed by atoms with Gasteiger partial charge in [0.2, 0.25) is 0 Å².